The predicted molar refractivity (Wildman–Crippen MR) is 41.9 cm³/mol. The van der Waals surface area contributed by atoms with Crippen LogP contribution in [0.1, 0.15) is 12.5 Å². The fraction of sp³-hybridized carbons (Fsp3) is 0.222. The molecule has 0 spiro atoms. The zero-order valence-corrected chi connectivity index (χ0v) is 6.71. The highest BCUT2D eigenvalue weighted by Gasteiger charge is 2.01. The Labute approximate surface area is 70.0 Å². The number of halogens is 1. The highest BCUT2D eigenvalue weighted by Crippen LogP contribution is 2.07. The van der Waals surface area contributed by atoms with E-state index in [1.165, 1.54) is 13.0 Å². The molecule has 0 aliphatic rings. The number of esters is 1. The van der Waals surface area contributed by atoms with Crippen LogP contribution in [0.4, 0.5) is 4.39 Å². The molecule has 2 nitrogen and oxygen atoms in total. The van der Waals surface area contributed by atoms with Gasteiger partial charge in [-0.25, -0.2) is 4.39 Å². The fourth-order valence-electron chi connectivity index (χ4n) is 0.795. The summed E-state index contributed by atoms with van der Waals surface area (Å²) in [5.41, 5.74) is 0.396. The molecular weight excluding hydrogens is 159 g/mol. The summed E-state index contributed by atoms with van der Waals surface area (Å²) in [4.78, 5) is 10.4. The van der Waals surface area contributed by atoms with Gasteiger partial charge < -0.3 is 4.74 Å². The van der Waals surface area contributed by atoms with E-state index in [0.29, 0.717) is 5.56 Å². The van der Waals surface area contributed by atoms with Gasteiger partial charge in [0.15, 0.2) is 0 Å². The molecule has 3 heteroatoms. The van der Waals surface area contributed by atoms with Gasteiger partial charge in [-0.3, -0.25) is 4.79 Å². The summed E-state index contributed by atoms with van der Waals surface area (Å²) in [6, 6.07) is 6.20. The number of rotatable bonds is 2. The molecule has 0 atom stereocenters. The second-order valence-corrected chi connectivity index (χ2v) is 2.37. The van der Waals surface area contributed by atoms with Crippen LogP contribution in [0.2, 0.25) is 0 Å². The van der Waals surface area contributed by atoms with Crippen molar-refractivity contribution in [2.75, 3.05) is 0 Å². The number of hydrogen-bond acceptors (Lipinski definition) is 2. The zero-order valence-electron chi connectivity index (χ0n) is 6.71. The maximum Gasteiger partial charge on any atom is 0.302 e. The Morgan fingerprint density at radius 1 is 1.50 bits per heavy atom. The van der Waals surface area contributed by atoms with E-state index < -0.39 is 5.97 Å². The first kappa shape index (κ1) is 8.71. The molecule has 0 radical (unpaired) electrons. The molecule has 0 heterocycles. The van der Waals surface area contributed by atoms with E-state index in [-0.39, 0.29) is 12.4 Å². The second kappa shape index (κ2) is 3.85. The molecule has 1 aromatic rings. The van der Waals surface area contributed by atoms with Crippen LogP contribution < -0.4 is 0 Å². The standard InChI is InChI=1S/C9H9FO2/c1-7(11)12-6-8-4-2-3-5-9(8)10/h2-5H,6H2,1H3. The van der Waals surface area contributed by atoms with Crippen LogP contribution in [-0.2, 0) is 16.1 Å². The van der Waals surface area contributed by atoms with Crippen molar-refractivity contribution in [3.8, 4) is 0 Å². The Bertz CT molecular complexity index is 284. The molecule has 1 aromatic carbocycles. The molecule has 0 fully saturated rings. The molecular formula is C9H9FO2. The van der Waals surface area contributed by atoms with E-state index in [0.717, 1.165) is 0 Å². The van der Waals surface area contributed by atoms with Gasteiger partial charge >= 0.3 is 5.97 Å². The zero-order chi connectivity index (χ0) is 8.97. The molecule has 0 amide bonds. The summed E-state index contributed by atoms with van der Waals surface area (Å²) in [6.07, 6.45) is 0. The van der Waals surface area contributed by atoms with Crippen molar-refractivity contribution in [1.82, 2.24) is 0 Å². The lowest BCUT2D eigenvalue weighted by atomic mass is 10.2. The van der Waals surface area contributed by atoms with Crippen LogP contribution in [-0.4, -0.2) is 5.97 Å². The third kappa shape index (κ3) is 2.34. The Morgan fingerprint density at radius 2 is 2.17 bits per heavy atom. The Kier molecular flexibility index (Phi) is 2.80. The predicted octanol–water partition coefficient (Wildman–Crippen LogP) is 1.89. The van der Waals surface area contributed by atoms with E-state index in [4.69, 9.17) is 0 Å². The van der Waals surface area contributed by atoms with Gasteiger partial charge in [-0.05, 0) is 6.07 Å². The van der Waals surface area contributed by atoms with E-state index in [9.17, 15) is 9.18 Å². The van der Waals surface area contributed by atoms with Gasteiger partial charge in [0.05, 0.1) is 0 Å². The van der Waals surface area contributed by atoms with E-state index in [1.807, 2.05) is 0 Å². The lowest BCUT2D eigenvalue weighted by Gasteiger charge is -2.02. The van der Waals surface area contributed by atoms with Gasteiger partial charge in [0.25, 0.3) is 0 Å². The molecule has 0 saturated heterocycles. The van der Waals surface area contributed by atoms with E-state index in [2.05, 4.69) is 4.74 Å². The quantitative estimate of drug-likeness (QED) is 0.630. The van der Waals surface area contributed by atoms with Crippen molar-refractivity contribution in [3.63, 3.8) is 0 Å². The lowest BCUT2D eigenvalue weighted by Crippen LogP contribution is -2.00. The minimum Gasteiger partial charge on any atom is -0.461 e. The van der Waals surface area contributed by atoms with Crippen LogP contribution in [0.3, 0.4) is 0 Å². The first-order valence-electron chi connectivity index (χ1n) is 3.57. The summed E-state index contributed by atoms with van der Waals surface area (Å²) in [5.74, 6) is -0.753. The molecule has 0 N–H and O–H groups in total. The largest absolute Gasteiger partial charge is 0.461 e. The van der Waals surface area contributed by atoms with Crippen LogP contribution in [0, 0.1) is 5.82 Å². The van der Waals surface area contributed by atoms with Crippen molar-refractivity contribution in [2.45, 2.75) is 13.5 Å². The Morgan fingerprint density at radius 3 is 2.75 bits per heavy atom. The van der Waals surface area contributed by atoms with Crippen LogP contribution in [0.5, 0.6) is 0 Å². The smallest absolute Gasteiger partial charge is 0.302 e. The highest BCUT2D eigenvalue weighted by atomic mass is 19.1. The van der Waals surface area contributed by atoms with Gasteiger partial charge in [0.1, 0.15) is 12.4 Å². The molecule has 1 rings (SSSR count). The van der Waals surface area contributed by atoms with E-state index in [1.54, 1.807) is 18.2 Å². The monoisotopic (exact) mass is 168 g/mol. The minimum absolute atomic E-state index is 0.00199. The van der Waals surface area contributed by atoms with Crippen molar-refractivity contribution >= 4 is 5.97 Å². The number of ether oxygens (including phenoxy) is 1. The maximum atomic E-state index is 12.8. The third-order valence-electron chi connectivity index (χ3n) is 1.39. The first-order valence-corrected chi connectivity index (χ1v) is 3.57. The SMILES string of the molecule is CC(=O)OCc1ccccc1F. The number of hydrogen-bond donors (Lipinski definition) is 0. The van der Waals surface area contributed by atoms with Gasteiger partial charge in [-0.15, -0.1) is 0 Å². The molecule has 64 valence electrons. The van der Waals surface area contributed by atoms with Crippen molar-refractivity contribution in [3.05, 3.63) is 35.6 Å². The summed E-state index contributed by atoms with van der Waals surface area (Å²) in [6.45, 7) is 1.29. The second-order valence-electron chi connectivity index (χ2n) is 2.37. The Hall–Kier alpha value is -1.38. The van der Waals surface area contributed by atoms with Gasteiger partial charge in [0.2, 0.25) is 0 Å². The topological polar surface area (TPSA) is 26.3 Å². The molecule has 0 aliphatic carbocycles. The molecule has 0 saturated carbocycles. The number of benzene rings is 1. The average Bonchev–Trinajstić information content (AvgIpc) is 2.03. The van der Waals surface area contributed by atoms with Crippen molar-refractivity contribution in [2.24, 2.45) is 0 Å². The molecule has 0 bridgehead atoms. The van der Waals surface area contributed by atoms with Crippen LogP contribution >= 0.6 is 0 Å². The Balaban J connectivity index is 2.63. The van der Waals surface area contributed by atoms with Crippen LogP contribution in [0.25, 0.3) is 0 Å². The number of carbonyl (C=O) groups is 1. The molecule has 0 unspecified atom stereocenters. The summed E-state index contributed by atoms with van der Waals surface area (Å²) in [5, 5.41) is 0. The lowest BCUT2D eigenvalue weighted by molar-refractivity contribution is -0.142. The van der Waals surface area contributed by atoms with Gasteiger partial charge in [-0.2, -0.15) is 0 Å². The summed E-state index contributed by atoms with van der Waals surface area (Å²) < 4.78 is 17.5. The van der Waals surface area contributed by atoms with Crippen molar-refractivity contribution < 1.29 is 13.9 Å². The average molecular weight is 168 g/mol. The summed E-state index contributed by atoms with van der Waals surface area (Å²) in [7, 11) is 0. The number of carbonyl (C=O) groups excluding carboxylic acids is 1. The minimum atomic E-state index is -0.404. The molecule has 12 heavy (non-hydrogen) atoms. The van der Waals surface area contributed by atoms with Crippen molar-refractivity contribution in [1.29, 1.82) is 0 Å². The maximum absolute atomic E-state index is 12.8. The molecule has 0 aliphatic heterocycles. The normalized spacial score (nSPS) is 9.50. The highest BCUT2D eigenvalue weighted by molar-refractivity contribution is 5.65. The van der Waals surface area contributed by atoms with Crippen LogP contribution in [0.15, 0.2) is 24.3 Å². The fourth-order valence-corrected chi connectivity index (χ4v) is 0.795. The third-order valence-corrected chi connectivity index (χ3v) is 1.39. The van der Waals surface area contributed by atoms with Gasteiger partial charge in [-0.1, -0.05) is 18.2 Å². The summed E-state index contributed by atoms with van der Waals surface area (Å²) >= 11 is 0. The van der Waals surface area contributed by atoms with Gasteiger partial charge in [0, 0.05) is 12.5 Å². The van der Waals surface area contributed by atoms with E-state index >= 15 is 0 Å². The molecule has 0 aromatic heterocycles. The first-order chi connectivity index (χ1) is 5.70.